The quantitative estimate of drug-likeness (QED) is 0.655. The van der Waals surface area contributed by atoms with Gasteiger partial charge in [-0.05, 0) is 56.1 Å². The highest BCUT2D eigenvalue weighted by atomic mass is 79.9. The van der Waals surface area contributed by atoms with Gasteiger partial charge in [-0.3, -0.25) is 0 Å². The van der Waals surface area contributed by atoms with E-state index in [0.717, 1.165) is 20.4 Å². The average Bonchev–Trinajstić information content (AvgIpc) is 2.45. The van der Waals surface area contributed by atoms with Crippen LogP contribution in [0.1, 0.15) is 6.92 Å². The maximum absolute atomic E-state index is 5.78. The van der Waals surface area contributed by atoms with Gasteiger partial charge >= 0.3 is 0 Å². The van der Waals surface area contributed by atoms with Gasteiger partial charge < -0.3 is 9.47 Å². The van der Waals surface area contributed by atoms with E-state index in [1.54, 1.807) is 0 Å². The van der Waals surface area contributed by atoms with Crippen molar-refractivity contribution in [1.82, 2.24) is 0 Å². The summed E-state index contributed by atoms with van der Waals surface area (Å²) in [5, 5.41) is 0. The van der Waals surface area contributed by atoms with Crippen molar-refractivity contribution in [1.29, 1.82) is 0 Å². The predicted octanol–water partition coefficient (Wildman–Crippen LogP) is 5.31. The summed E-state index contributed by atoms with van der Waals surface area (Å²) in [4.78, 5) is 0. The lowest BCUT2D eigenvalue weighted by atomic mass is 10.2. The van der Waals surface area contributed by atoms with Crippen molar-refractivity contribution in [2.75, 3.05) is 13.2 Å². The highest BCUT2D eigenvalue weighted by molar-refractivity contribution is 9.10. The molecule has 106 valence electrons. The first kappa shape index (κ1) is 15.4. The van der Waals surface area contributed by atoms with Gasteiger partial charge in [-0.2, -0.15) is 0 Å². The maximum atomic E-state index is 5.78. The summed E-state index contributed by atoms with van der Waals surface area (Å²) in [6, 6.07) is 15.7. The summed E-state index contributed by atoms with van der Waals surface area (Å²) in [5.41, 5.74) is 0. The number of benzene rings is 2. The van der Waals surface area contributed by atoms with Crippen molar-refractivity contribution >= 4 is 31.9 Å². The van der Waals surface area contributed by atoms with E-state index in [1.165, 1.54) is 0 Å². The predicted molar refractivity (Wildman–Crippen MR) is 88.4 cm³/mol. The largest absolute Gasteiger partial charge is 0.492 e. The Morgan fingerprint density at radius 1 is 0.800 bits per heavy atom. The Morgan fingerprint density at radius 2 is 1.20 bits per heavy atom. The fraction of sp³-hybridized carbons (Fsp3) is 0.250. The SMILES string of the molecule is CC(COc1ccccc1Br)COc1ccccc1Br. The summed E-state index contributed by atoms with van der Waals surface area (Å²) in [6.07, 6.45) is 0. The van der Waals surface area contributed by atoms with Crippen LogP contribution in [0.3, 0.4) is 0 Å². The second kappa shape index (κ2) is 7.70. The van der Waals surface area contributed by atoms with Crippen molar-refractivity contribution in [3.63, 3.8) is 0 Å². The third-order valence-corrected chi connectivity index (χ3v) is 4.03. The van der Waals surface area contributed by atoms with Gasteiger partial charge in [0.25, 0.3) is 0 Å². The lowest BCUT2D eigenvalue weighted by Crippen LogP contribution is -2.16. The molecule has 0 radical (unpaired) electrons. The van der Waals surface area contributed by atoms with Crippen molar-refractivity contribution in [3.05, 3.63) is 57.5 Å². The van der Waals surface area contributed by atoms with Crippen LogP contribution in [-0.4, -0.2) is 13.2 Å². The van der Waals surface area contributed by atoms with Gasteiger partial charge in [-0.15, -0.1) is 0 Å². The van der Waals surface area contributed by atoms with E-state index >= 15 is 0 Å². The molecule has 0 aromatic heterocycles. The van der Waals surface area contributed by atoms with Crippen molar-refractivity contribution in [3.8, 4) is 11.5 Å². The van der Waals surface area contributed by atoms with Crippen LogP contribution in [0.5, 0.6) is 11.5 Å². The lowest BCUT2D eigenvalue weighted by molar-refractivity contribution is 0.187. The van der Waals surface area contributed by atoms with Crippen LogP contribution < -0.4 is 9.47 Å². The van der Waals surface area contributed by atoms with E-state index in [9.17, 15) is 0 Å². The molecule has 0 aliphatic rings. The summed E-state index contributed by atoms with van der Waals surface area (Å²) in [5.74, 6) is 2.02. The molecule has 0 saturated carbocycles. The molecule has 0 fully saturated rings. The highest BCUT2D eigenvalue weighted by Crippen LogP contribution is 2.25. The van der Waals surface area contributed by atoms with Gasteiger partial charge in [0.05, 0.1) is 22.2 Å². The molecule has 0 aliphatic carbocycles. The Kier molecular flexibility index (Phi) is 5.92. The topological polar surface area (TPSA) is 18.5 Å². The summed E-state index contributed by atoms with van der Waals surface area (Å²) < 4.78 is 13.5. The average molecular weight is 400 g/mol. The first-order valence-corrected chi connectivity index (χ1v) is 8.00. The molecule has 0 saturated heterocycles. The van der Waals surface area contributed by atoms with E-state index in [4.69, 9.17) is 9.47 Å². The van der Waals surface area contributed by atoms with Crippen molar-refractivity contribution < 1.29 is 9.47 Å². The summed E-state index contributed by atoms with van der Waals surface area (Å²) >= 11 is 6.94. The molecule has 2 aromatic rings. The van der Waals surface area contributed by atoms with Gasteiger partial charge in [0, 0.05) is 5.92 Å². The number of halogens is 2. The molecular weight excluding hydrogens is 384 g/mol. The van der Waals surface area contributed by atoms with E-state index in [2.05, 4.69) is 38.8 Å². The minimum Gasteiger partial charge on any atom is -0.492 e. The van der Waals surface area contributed by atoms with Crippen LogP contribution in [0.25, 0.3) is 0 Å². The fourth-order valence-electron chi connectivity index (χ4n) is 1.64. The minimum atomic E-state index is 0.300. The normalized spacial score (nSPS) is 10.6. The van der Waals surface area contributed by atoms with E-state index in [-0.39, 0.29) is 0 Å². The molecule has 0 aliphatic heterocycles. The Bertz CT molecular complexity index is 508. The lowest BCUT2D eigenvalue weighted by Gasteiger charge is -2.15. The van der Waals surface area contributed by atoms with Gasteiger partial charge in [-0.1, -0.05) is 31.2 Å². The molecule has 0 atom stereocenters. The number of rotatable bonds is 6. The third-order valence-electron chi connectivity index (χ3n) is 2.72. The standard InChI is InChI=1S/C16H16Br2O2/c1-12(10-19-15-8-4-2-6-13(15)17)11-20-16-9-5-3-7-14(16)18/h2-9,12H,10-11H2,1H3. The Morgan fingerprint density at radius 3 is 1.60 bits per heavy atom. The molecule has 2 aromatic carbocycles. The van der Waals surface area contributed by atoms with Crippen molar-refractivity contribution in [2.45, 2.75) is 6.92 Å². The molecule has 4 heteroatoms. The zero-order valence-electron chi connectivity index (χ0n) is 11.2. The highest BCUT2D eigenvalue weighted by Gasteiger charge is 2.07. The number of hydrogen-bond acceptors (Lipinski definition) is 2. The molecule has 2 rings (SSSR count). The number of para-hydroxylation sites is 2. The van der Waals surface area contributed by atoms with E-state index in [0.29, 0.717) is 19.1 Å². The number of hydrogen-bond donors (Lipinski definition) is 0. The molecule has 0 N–H and O–H groups in total. The first-order chi connectivity index (χ1) is 9.66. The van der Waals surface area contributed by atoms with Crippen LogP contribution in [0, 0.1) is 5.92 Å². The Labute approximate surface area is 136 Å². The minimum absolute atomic E-state index is 0.300. The first-order valence-electron chi connectivity index (χ1n) is 6.41. The zero-order valence-corrected chi connectivity index (χ0v) is 14.4. The molecule has 0 unspecified atom stereocenters. The smallest absolute Gasteiger partial charge is 0.133 e. The second-order valence-corrected chi connectivity index (χ2v) is 6.30. The summed E-state index contributed by atoms with van der Waals surface area (Å²) in [6.45, 7) is 3.34. The van der Waals surface area contributed by atoms with Crippen LogP contribution in [0.15, 0.2) is 57.5 Å². The second-order valence-electron chi connectivity index (χ2n) is 4.59. The molecule has 2 nitrogen and oxygen atoms in total. The van der Waals surface area contributed by atoms with Gasteiger partial charge in [-0.25, -0.2) is 0 Å². The molecular formula is C16H16Br2O2. The van der Waals surface area contributed by atoms with Gasteiger partial charge in [0.15, 0.2) is 0 Å². The zero-order chi connectivity index (χ0) is 14.4. The van der Waals surface area contributed by atoms with E-state index < -0.39 is 0 Å². The van der Waals surface area contributed by atoms with Crippen LogP contribution >= 0.6 is 31.9 Å². The van der Waals surface area contributed by atoms with Crippen LogP contribution in [0.2, 0.25) is 0 Å². The van der Waals surface area contributed by atoms with Crippen LogP contribution in [0.4, 0.5) is 0 Å². The van der Waals surface area contributed by atoms with Crippen molar-refractivity contribution in [2.24, 2.45) is 5.92 Å². The fourth-order valence-corrected chi connectivity index (χ4v) is 2.43. The number of ether oxygens (including phenoxy) is 2. The van der Waals surface area contributed by atoms with Gasteiger partial charge in [0.2, 0.25) is 0 Å². The van der Waals surface area contributed by atoms with Gasteiger partial charge in [0.1, 0.15) is 11.5 Å². The van der Waals surface area contributed by atoms with E-state index in [1.807, 2.05) is 48.5 Å². The van der Waals surface area contributed by atoms with Crippen LogP contribution in [-0.2, 0) is 0 Å². The Hall–Kier alpha value is -1.00. The summed E-state index contributed by atoms with van der Waals surface area (Å²) in [7, 11) is 0. The molecule has 0 heterocycles. The maximum Gasteiger partial charge on any atom is 0.133 e. The third kappa shape index (κ3) is 4.53. The molecule has 0 amide bonds. The molecule has 0 bridgehead atoms. The molecule has 0 spiro atoms. The Balaban J connectivity index is 1.80. The monoisotopic (exact) mass is 398 g/mol. The molecule has 20 heavy (non-hydrogen) atoms.